The van der Waals surface area contributed by atoms with Crippen molar-refractivity contribution in [3.63, 3.8) is 0 Å². The van der Waals surface area contributed by atoms with Gasteiger partial charge in [0.25, 0.3) is 0 Å². The Morgan fingerprint density at radius 2 is 1.95 bits per heavy atom. The number of imidazole rings is 1. The smallest absolute Gasteiger partial charge is 0.140 e. The molecule has 102 valence electrons. The molecule has 0 aliphatic heterocycles. The number of rotatable bonds is 3. The van der Waals surface area contributed by atoms with Crippen molar-refractivity contribution in [2.75, 3.05) is 0 Å². The number of aromatic nitrogens is 2. The summed E-state index contributed by atoms with van der Waals surface area (Å²) in [6.45, 7) is 2.03. The minimum Gasteiger partial charge on any atom is -0.302 e. The van der Waals surface area contributed by atoms with Gasteiger partial charge in [-0.05, 0) is 36.2 Å². The van der Waals surface area contributed by atoms with Gasteiger partial charge in [-0.1, -0.05) is 18.2 Å². The Kier molecular flexibility index (Phi) is 3.45. The Balaban J connectivity index is 2.07. The van der Waals surface area contributed by atoms with Crippen LogP contribution in [0.3, 0.4) is 0 Å². The van der Waals surface area contributed by atoms with Crippen LogP contribution < -0.4 is 0 Å². The third-order valence-corrected chi connectivity index (χ3v) is 3.69. The van der Waals surface area contributed by atoms with Gasteiger partial charge in [0.1, 0.15) is 11.5 Å². The Hall–Kier alpha value is -1.87. The van der Waals surface area contributed by atoms with Crippen LogP contribution >= 0.6 is 11.6 Å². The predicted octanol–water partition coefficient (Wildman–Crippen LogP) is 4.11. The summed E-state index contributed by atoms with van der Waals surface area (Å²) in [5.74, 6) is 0.179. The second kappa shape index (κ2) is 5.25. The highest BCUT2D eigenvalue weighted by Crippen LogP contribution is 2.20. The van der Waals surface area contributed by atoms with Gasteiger partial charge >= 0.3 is 0 Å². The summed E-state index contributed by atoms with van der Waals surface area (Å²) >= 11 is 6.08. The molecule has 3 rings (SSSR count). The first-order chi connectivity index (χ1) is 9.69. The van der Waals surface area contributed by atoms with Crippen molar-refractivity contribution >= 4 is 17.2 Å². The van der Waals surface area contributed by atoms with E-state index in [1.807, 2.05) is 29.7 Å². The van der Waals surface area contributed by atoms with E-state index in [0.29, 0.717) is 12.3 Å². The highest BCUT2D eigenvalue weighted by Gasteiger charge is 2.12. The van der Waals surface area contributed by atoms with E-state index in [0.717, 1.165) is 28.2 Å². The van der Waals surface area contributed by atoms with Gasteiger partial charge in [-0.2, -0.15) is 0 Å². The number of hydrogen-bond donors (Lipinski definition) is 0. The van der Waals surface area contributed by atoms with E-state index in [4.69, 9.17) is 11.6 Å². The Morgan fingerprint density at radius 1 is 1.20 bits per heavy atom. The molecule has 0 fully saturated rings. The quantitative estimate of drug-likeness (QED) is 0.663. The van der Waals surface area contributed by atoms with E-state index in [1.165, 1.54) is 12.1 Å². The van der Waals surface area contributed by atoms with Crippen LogP contribution in [0, 0.1) is 12.7 Å². The molecular formula is C16H14ClFN2. The number of benzene rings is 1. The van der Waals surface area contributed by atoms with Gasteiger partial charge in [0.15, 0.2) is 0 Å². The van der Waals surface area contributed by atoms with Crippen LogP contribution in [0.5, 0.6) is 0 Å². The SMILES string of the molecule is Cc1cccn2c(CCl)c(Cc3ccc(F)cc3)nc12. The van der Waals surface area contributed by atoms with Crippen molar-refractivity contribution in [2.24, 2.45) is 0 Å². The summed E-state index contributed by atoms with van der Waals surface area (Å²) < 4.78 is 15.0. The van der Waals surface area contributed by atoms with Gasteiger partial charge in [0.2, 0.25) is 0 Å². The number of aryl methyl sites for hydroxylation is 1. The highest BCUT2D eigenvalue weighted by atomic mass is 35.5. The normalized spacial score (nSPS) is 11.2. The molecule has 2 aromatic heterocycles. The fraction of sp³-hybridized carbons (Fsp3) is 0.188. The standard InChI is InChI=1S/C16H14ClFN2/c1-11-3-2-8-20-15(10-17)14(19-16(11)20)9-12-4-6-13(18)7-5-12/h2-8H,9-10H2,1H3. The fourth-order valence-corrected chi connectivity index (χ4v) is 2.66. The van der Waals surface area contributed by atoms with Gasteiger partial charge in [0, 0.05) is 12.6 Å². The molecular weight excluding hydrogens is 275 g/mol. The summed E-state index contributed by atoms with van der Waals surface area (Å²) in [5, 5.41) is 0. The average molecular weight is 289 g/mol. The molecule has 0 saturated heterocycles. The minimum atomic E-state index is -0.225. The second-order valence-corrected chi connectivity index (χ2v) is 5.09. The Bertz CT molecular complexity index is 747. The zero-order valence-corrected chi connectivity index (χ0v) is 11.9. The number of alkyl halides is 1. The lowest BCUT2D eigenvalue weighted by Crippen LogP contribution is -1.95. The van der Waals surface area contributed by atoms with Crippen LogP contribution in [0.15, 0.2) is 42.6 Å². The van der Waals surface area contributed by atoms with E-state index in [-0.39, 0.29) is 5.82 Å². The molecule has 2 heterocycles. The summed E-state index contributed by atoms with van der Waals surface area (Å²) in [6.07, 6.45) is 2.63. The molecule has 2 nitrogen and oxygen atoms in total. The molecule has 0 unspecified atom stereocenters. The lowest BCUT2D eigenvalue weighted by Gasteiger charge is -2.02. The number of fused-ring (bicyclic) bond motifs is 1. The summed E-state index contributed by atoms with van der Waals surface area (Å²) in [4.78, 5) is 4.69. The molecule has 0 bridgehead atoms. The maximum atomic E-state index is 13.0. The van der Waals surface area contributed by atoms with Crippen LogP contribution in [-0.2, 0) is 12.3 Å². The van der Waals surface area contributed by atoms with E-state index < -0.39 is 0 Å². The number of nitrogens with zero attached hydrogens (tertiary/aromatic N) is 2. The van der Waals surface area contributed by atoms with Gasteiger partial charge in [-0.3, -0.25) is 0 Å². The first kappa shape index (κ1) is 13.1. The fourth-order valence-electron chi connectivity index (χ4n) is 2.38. The zero-order valence-electron chi connectivity index (χ0n) is 11.1. The van der Waals surface area contributed by atoms with Crippen molar-refractivity contribution in [1.29, 1.82) is 0 Å². The molecule has 0 saturated carbocycles. The first-order valence-corrected chi connectivity index (χ1v) is 6.98. The molecule has 1 aromatic carbocycles. The summed E-state index contributed by atoms with van der Waals surface area (Å²) in [6, 6.07) is 10.5. The monoisotopic (exact) mass is 288 g/mol. The van der Waals surface area contributed by atoms with Gasteiger partial charge < -0.3 is 4.40 Å². The lowest BCUT2D eigenvalue weighted by molar-refractivity contribution is 0.627. The molecule has 0 N–H and O–H groups in total. The number of halogens is 2. The number of pyridine rings is 1. The molecule has 3 aromatic rings. The van der Waals surface area contributed by atoms with E-state index >= 15 is 0 Å². The molecule has 20 heavy (non-hydrogen) atoms. The topological polar surface area (TPSA) is 17.3 Å². The van der Waals surface area contributed by atoms with Crippen molar-refractivity contribution in [3.05, 3.63) is 70.9 Å². The van der Waals surface area contributed by atoms with Gasteiger partial charge in [-0.15, -0.1) is 11.6 Å². The first-order valence-electron chi connectivity index (χ1n) is 6.45. The minimum absolute atomic E-state index is 0.225. The van der Waals surface area contributed by atoms with Crippen LogP contribution in [0.1, 0.15) is 22.5 Å². The van der Waals surface area contributed by atoms with E-state index in [9.17, 15) is 4.39 Å². The van der Waals surface area contributed by atoms with Gasteiger partial charge in [0.05, 0.1) is 17.3 Å². The predicted molar refractivity (Wildman–Crippen MR) is 78.7 cm³/mol. The molecule has 0 amide bonds. The van der Waals surface area contributed by atoms with E-state index in [2.05, 4.69) is 4.98 Å². The molecule has 4 heteroatoms. The van der Waals surface area contributed by atoms with Crippen LogP contribution in [0.2, 0.25) is 0 Å². The summed E-state index contributed by atoms with van der Waals surface area (Å²) in [7, 11) is 0. The third-order valence-electron chi connectivity index (χ3n) is 3.44. The third kappa shape index (κ3) is 2.29. The van der Waals surface area contributed by atoms with Crippen molar-refractivity contribution in [3.8, 4) is 0 Å². The largest absolute Gasteiger partial charge is 0.302 e. The maximum Gasteiger partial charge on any atom is 0.140 e. The van der Waals surface area contributed by atoms with Crippen LogP contribution in [0.25, 0.3) is 5.65 Å². The molecule has 0 atom stereocenters. The van der Waals surface area contributed by atoms with Crippen molar-refractivity contribution in [1.82, 2.24) is 9.38 Å². The molecule has 0 aliphatic rings. The van der Waals surface area contributed by atoms with Crippen LogP contribution in [0.4, 0.5) is 4.39 Å². The molecule has 0 aliphatic carbocycles. The van der Waals surface area contributed by atoms with Crippen LogP contribution in [-0.4, -0.2) is 9.38 Å². The van der Waals surface area contributed by atoms with Crippen molar-refractivity contribution in [2.45, 2.75) is 19.2 Å². The maximum absolute atomic E-state index is 13.0. The number of hydrogen-bond acceptors (Lipinski definition) is 1. The summed E-state index contributed by atoms with van der Waals surface area (Å²) in [5.41, 5.74) is 5.01. The van der Waals surface area contributed by atoms with Crippen molar-refractivity contribution < 1.29 is 4.39 Å². The zero-order chi connectivity index (χ0) is 14.1. The lowest BCUT2D eigenvalue weighted by atomic mass is 10.1. The molecule has 0 spiro atoms. The van der Waals surface area contributed by atoms with Gasteiger partial charge in [-0.25, -0.2) is 9.37 Å². The second-order valence-electron chi connectivity index (χ2n) is 4.83. The van der Waals surface area contributed by atoms with E-state index in [1.54, 1.807) is 12.1 Å². The highest BCUT2D eigenvalue weighted by molar-refractivity contribution is 6.17. The Labute approximate surface area is 121 Å². The average Bonchev–Trinajstić information content (AvgIpc) is 2.80. The Morgan fingerprint density at radius 3 is 2.65 bits per heavy atom. The molecule has 0 radical (unpaired) electrons.